The lowest BCUT2D eigenvalue weighted by Gasteiger charge is -2.07. The predicted molar refractivity (Wildman–Crippen MR) is 170 cm³/mol. The van der Waals surface area contributed by atoms with Crippen LogP contribution >= 0.6 is 0 Å². The average Bonchev–Trinajstić information content (AvgIpc) is 3.74. The number of benzene rings is 5. The first-order valence-corrected chi connectivity index (χ1v) is 13.9. The summed E-state index contributed by atoms with van der Waals surface area (Å²) < 4.78 is 12.1. The van der Waals surface area contributed by atoms with Gasteiger partial charge in [0.1, 0.15) is 23.0 Å². The van der Waals surface area contributed by atoms with E-state index in [9.17, 15) is 0 Å². The van der Waals surface area contributed by atoms with Crippen molar-refractivity contribution in [2.45, 2.75) is 0 Å². The van der Waals surface area contributed by atoms with Gasteiger partial charge >= 0.3 is 0 Å². The molecule has 0 unspecified atom stereocenters. The van der Waals surface area contributed by atoms with Gasteiger partial charge in [-0.25, -0.2) is 0 Å². The molecule has 0 atom stereocenters. The molecule has 2 N–H and O–H groups in total. The molecule has 0 aliphatic rings. The lowest BCUT2D eigenvalue weighted by molar-refractivity contribution is 0.482. The van der Waals surface area contributed by atoms with Crippen LogP contribution in [0.3, 0.4) is 0 Å². The molecular formula is C38H28N2O2. The van der Waals surface area contributed by atoms with Crippen molar-refractivity contribution in [3.63, 3.8) is 0 Å². The predicted octanol–water partition coefficient (Wildman–Crippen LogP) is 10.6. The summed E-state index contributed by atoms with van der Waals surface area (Å²) >= 11 is 0. The molecule has 0 aliphatic carbocycles. The summed E-state index contributed by atoms with van der Waals surface area (Å²) in [5.74, 6) is 3.24. The van der Waals surface area contributed by atoms with Crippen molar-refractivity contribution in [1.82, 2.24) is 9.97 Å². The zero-order valence-corrected chi connectivity index (χ0v) is 22.8. The number of rotatable bonds is 8. The number of H-pyrrole nitrogens is 2. The summed E-state index contributed by atoms with van der Waals surface area (Å²) in [6, 6.07) is 48.9. The third-order valence-corrected chi connectivity index (χ3v) is 7.14. The summed E-state index contributed by atoms with van der Waals surface area (Å²) in [7, 11) is 0. The van der Waals surface area contributed by atoms with E-state index in [1.807, 2.05) is 84.9 Å². The van der Waals surface area contributed by atoms with Gasteiger partial charge in [-0.1, -0.05) is 78.9 Å². The smallest absolute Gasteiger partial charge is 0.128 e. The number of nitrogens with one attached hydrogen (secondary N) is 2. The summed E-state index contributed by atoms with van der Waals surface area (Å²) in [5, 5.41) is 0. The maximum atomic E-state index is 6.04. The molecule has 0 spiro atoms. The topological polar surface area (TPSA) is 50.0 Å². The van der Waals surface area contributed by atoms with Crippen molar-refractivity contribution < 1.29 is 9.47 Å². The van der Waals surface area contributed by atoms with Crippen molar-refractivity contribution in [1.29, 1.82) is 0 Å². The third kappa shape index (κ3) is 5.60. The highest BCUT2D eigenvalue weighted by Gasteiger charge is 2.10. The van der Waals surface area contributed by atoms with Gasteiger partial charge in [-0.15, -0.1) is 0 Å². The van der Waals surface area contributed by atoms with Crippen LogP contribution in [-0.4, -0.2) is 9.97 Å². The van der Waals surface area contributed by atoms with Gasteiger partial charge in [0.2, 0.25) is 0 Å². The molecular weight excluding hydrogens is 516 g/mol. The van der Waals surface area contributed by atoms with E-state index in [-0.39, 0.29) is 0 Å². The lowest BCUT2D eigenvalue weighted by atomic mass is 10.0. The molecule has 0 saturated carbocycles. The van der Waals surface area contributed by atoms with Crippen LogP contribution in [0.25, 0.3) is 44.8 Å². The molecule has 0 fully saturated rings. The second-order valence-corrected chi connectivity index (χ2v) is 10.1. The Balaban J connectivity index is 1.10. The van der Waals surface area contributed by atoms with Crippen molar-refractivity contribution >= 4 is 0 Å². The zero-order chi connectivity index (χ0) is 28.1. The molecule has 202 valence electrons. The molecule has 0 radical (unpaired) electrons. The fourth-order valence-electron chi connectivity index (χ4n) is 5.04. The van der Waals surface area contributed by atoms with Gasteiger partial charge in [-0.05, 0) is 89.0 Å². The molecule has 2 heterocycles. The Morgan fingerprint density at radius 3 is 1.19 bits per heavy atom. The SMILES string of the molecule is c1ccc(Oc2cccc(-c3cc(-c4cccc(-c5c[nH]c(-c6cccc(Oc7ccccc7)c6)c5)c4)c[nH]3)c2)cc1. The highest BCUT2D eigenvalue weighted by Crippen LogP contribution is 2.34. The minimum Gasteiger partial charge on any atom is -0.457 e. The second kappa shape index (κ2) is 11.4. The van der Waals surface area contributed by atoms with E-state index >= 15 is 0 Å². The van der Waals surface area contributed by atoms with Crippen molar-refractivity contribution in [2.75, 3.05) is 0 Å². The van der Waals surface area contributed by atoms with Gasteiger partial charge in [0.15, 0.2) is 0 Å². The van der Waals surface area contributed by atoms with E-state index in [4.69, 9.17) is 9.47 Å². The summed E-state index contributed by atoms with van der Waals surface area (Å²) in [6.45, 7) is 0. The van der Waals surface area contributed by atoms with E-state index in [2.05, 4.69) is 83.0 Å². The Hall–Kier alpha value is -5.74. The Labute approximate surface area is 244 Å². The first kappa shape index (κ1) is 25.2. The number of hydrogen-bond donors (Lipinski definition) is 2. The zero-order valence-electron chi connectivity index (χ0n) is 22.8. The molecule has 0 aliphatic heterocycles. The van der Waals surface area contributed by atoms with Crippen molar-refractivity contribution in [3.8, 4) is 67.8 Å². The van der Waals surface area contributed by atoms with E-state index in [0.717, 1.165) is 67.8 Å². The fourth-order valence-corrected chi connectivity index (χ4v) is 5.04. The Morgan fingerprint density at radius 1 is 0.310 bits per heavy atom. The van der Waals surface area contributed by atoms with Crippen LogP contribution in [0.15, 0.2) is 158 Å². The van der Waals surface area contributed by atoms with Crippen LogP contribution < -0.4 is 9.47 Å². The van der Waals surface area contributed by atoms with Crippen LogP contribution in [0.4, 0.5) is 0 Å². The Kier molecular flexibility index (Phi) is 6.85. The fraction of sp³-hybridized carbons (Fsp3) is 0. The molecule has 0 amide bonds. The molecule has 0 bridgehead atoms. The molecule has 5 aromatic carbocycles. The van der Waals surface area contributed by atoms with Gasteiger partial charge < -0.3 is 19.4 Å². The quantitative estimate of drug-likeness (QED) is 0.200. The standard InChI is InChI=1S/C38H28N2O2/c1-3-14-33(15-4-1)41-35-18-8-12-29(21-35)37-23-31(25-39-37)27-10-7-11-28(20-27)32-24-38(40-26-32)30-13-9-19-36(22-30)42-34-16-5-2-6-17-34/h1-26,39-40H. The maximum absolute atomic E-state index is 6.04. The molecule has 0 saturated heterocycles. The van der Waals surface area contributed by atoms with Crippen LogP contribution in [0.2, 0.25) is 0 Å². The van der Waals surface area contributed by atoms with E-state index in [1.165, 1.54) is 0 Å². The van der Waals surface area contributed by atoms with Crippen LogP contribution in [0.5, 0.6) is 23.0 Å². The number of aromatic nitrogens is 2. The summed E-state index contributed by atoms with van der Waals surface area (Å²) in [6.07, 6.45) is 4.11. The molecule has 7 rings (SSSR count). The Bertz CT molecular complexity index is 1800. The number of aromatic amines is 2. The first-order valence-electron chi connectivity index (χ1n) is 13.9. The molecule has 7 aromatic rings. The first-order chi connectivity index (χ1) is 20.8. The van der Waals surface area contributed by atoms with Crippen molar-refractivity contribution in [2.24, 2.45) is 0 Å². The lowest BCUT2D eigenvalue weighted by Crippen LogP contribution is -1.84. The Morgan fingerprint density at radius 2 is 0.714 bits per heavy atom. The van der Waals surface area contributed by atoms with Gasteiger partial charge in [0.05, 0.1) is 0 Å². The van der Waals surface area contributed by atoms with Crippen molar-refractivity contribution in [3.05, 3.63) is 158 Å². The normalized spacial score (nSPS) is 10.9. The second-order valence-electron chi connectivity index (χ2n) is 10.1. The highest BCUT2D eigenvalue weighted by molar-refractivity contribution is 5.78. The van der Waals surface area contributed by atoms with Gasteiger partial charge in [-0.3, -0.25) is 0 Å². The number of hydrogen-bond acceptors (Lipinski definition) is 2. The number of para-hydroxylation sites is 2. The molecule has 4 nitrogen and oxygen atoms in total. The van der Waals surface area contributed by atoms with E-state index < -0.39 is 0 Å². The highest BCUT2D eigenvalue weighted by atomic mass is 16.5. The number of ether oxygens (including phenoxy) is 2. The van der Waals surface area contributed by atoms with Crippen LogP contribution in [-0.2, 0) is 0 Å². The minimum absolute atomic E-state index is 0.803. The van der Waals surface area contributed by atoms with Gasteiger partial charge in [-0.2, -0.15) is 0 Å². The van der Waals surface area contributed by atoms with E-state index in [0.29, 0.717) is 0 Å². The summed E-state index contributed by atoms with van der Waals surface area (Å²) in [4.78, 5) is 6.89. The summed E-state index contributed by atoms with van der Waals surface area (Å²) in [5.41, 5.74) is 8.76. The van der Waals surface area contributed by atoms with Crippen LogP contribution in [0.1, 0.15) is 0 Å². The molecule has 42 heavy (non-hydrogen) atoms. The molecule has 2 aromatic heterocycles. The monoisotopic (exact) mass is 544 g/mol. The third-order valence-electron chi connectivity index (χ3n) is 7.14. The van der Waals surface area contributed by atoms with E-state index in [1.54, 1.807) is 0 Å². The largest absolute Gasteiger partial charge is 0.457 e. The van der Waals surface area contributed by atoms with Gasteiger partial charge in [0.25, 0.3) is 0 Å². The average molecular weight is 545 g/mol. The molecule has 4 heteroatoms. The maximum Gasteiger partial charge on any atom is 0.128 e. The minimum atomic E-state index is 0.803. The van der Waals surface area contributed by atoms with Gasteiger partial charge in [0, 0.05) is 34.9 Å². The van der Waals surface area contributed by atoms with Crippen LogP contribution in [0, 0.1) is 0 Å².